The summed E-state index contributed by atoms with van der Waals surface area (Å²) in [4.78, 5) is 16.5. The normalized spacial score (nSPS) is 10.9. The number of aromatic nitrogens is 2. The molecule has 0 saturated heterocycles. The fraction of sp³-hybridized carbons (Fsp3) is 0.143. The first-order valence-electron chi connectivity index (χ1n) is 8.78. The molecule has 3 rings (SSSR count). The summed E-state index contributed by atoms with van der Waals surface area (Å²) in [5.74, 6) is 0.524. The third-order valence-electron chi connectivity index (χ3n) is 3.91. The largest absolute Gasteiger partial charge is 0.493 e. The minimum absolute atomic E-state index is 0.0593. The Kier molecular flexibility index (Phi) is 7.43. The Hall–Kier alpha value is -3.35. The van der Waals surface area contributed by atoms with Gasteiger partial charge in [0.15, 0.2) is 11.5 Å². The highest BCUT2D eigenvalue weighted by atomic mass is 32.2. The van der Waals surface area contributed by atoms with Gasteiger partial charge in [-0.3, -0.25) is 10.1 Å². The highest BCUT2D eigenvalue weighted by Gasteiger charge is 2.13. The number of nitriles is 1. The molecule has 0 aliphatic heterocycles. The average Bonchev–Trinajstić information content (AvgIpc) is 3.24. The maximum absolute atomic E-state index is 12.4. The van der Waals surface area contributed by atoms with Crippen molar-refractivity contribution in [1.82, 2.24) is 9.36 Å². The van der Waals surface area contributed by atoms with E-state index in [4.69, 9.17) is 9.47 Å². The second kappa shape index (κ2) is 10.4. The van der Waals surface area contributed by atoms with E-state index in [1.807, 2.05) is 42.7 Å². The molecule has 0 unspecified atom stereocenters. The van der Waals surface area contributed by atoms with Gasteiger partial charge in [-0.15, -0.1) is 0 Å². The van der Waals surface area contributed by atoms with Crippen molar-refractivity contribution in [1.29, 1.82) is 5.26 Å². The number of amides is 1. The second-order valence-corrected chi connectivity index (χ2v) is 7.42. The topological polar surface area (TPSA) is 97.1 Å². The molecule has 1 amide bonds. The van der Waals surface area contributed by atoms with Crippen LogP contribution in [0.4, 0.5) is 5.13 Å². The number of hydrogen-bond donors (Lipinski definition) is 1. The van der Waals surface area contributed by atoms with E-state index in [-0.39, 0.29) is 5.57 Å². The third kappa shape index (κ3) is 5.59. The number of hydrogen-bond acceptors (Lipinski definition) is 8. The van der Waals surface area contributed by atoms with Crippen molar-refractivity contribution in [3.63, 3.8) is 0 Å². The summed E-state index contributed by atoms with van der Waals surface area (Å²) in [6.07, 6.45) is 3.32. The lowest BCUT2D eigenvalue weighted by Crippen LogP contribution is -2.13. The van der Waals surface area contributed by atoms with E-state index >= 15 is 0 Å². The van der Waals surface area contributed by atoms with Crippen LogP contribution < -0.4 is 14.8 Å². The Morgan fingerprint density at radius 3 is 2.73 bits per heavy atom. The van der Waals surface area contributed by atoms with Crippen molar-refractivity contribution >= 4 is 40.4 Å². The van der Waals surface area contributed by atoms with E-state index in [9.17, 15) is 10.1 Å². The number of nitrogens with zero attached hydrogens (tertiary/aromatic N) is 3. The monoisotopic (exact) mass is 438 g/mol. The third-order valence-corrected chi connectivity index (χ3v) is 5.21. The summed E-state index contributed by atoms with van der Waals surface area (Å²) in [6.45, 7) is 0.401. The molecule has 0 spiro atoms. The molecule has 1 N–H and O–H groups in total. The van der Waals surface area contributed by atoms with E-state index in [1.165, 1.54) is 24.9 Å². The predicted octanol–water partition coefficient (Wildman–Crippen LogP) is 4.39. The Morgan fingerprint density at radius 2 is 2.07 bits per heavy atom. The number of thioether (sulfide) groups is 1. The molecule has 2 aromatic carbocycles. The number of methoxy groups -OCH3 is 1. The Bertz CT molecular complexity index is 1090. The number of carbonyl (C=O) groups is 1. The summed E-state index contributed by atoms with van der Waals surface area (Å²) in [6, 6.07) is 16.9. The van der Waals surface area contributed by atoms with Crippen molar-refractivity contribution in [3.05, 3.63) is 65.2 Å². The SMILES string of the molecule is COc1cc(C=C(C#N)C(=O)Nc2nc(SC)ns2)ccc1OCc1ccccc1. The second-order valence-electron chi connectivity index (χ2n) is 5.89. The Morgan fingerprint density at radius 1 is 1.27 bits per heavy atom. The number of rotatable bonds is 8. The molecule has 0 saturated carbocycles. The van der Waals surface area contributed by atoms with E-state index in [0.29, 0.717) is 34.0 Å². The lowest BCUT2D eigenvalue weighted by molar-refractivity contribution is -0.112. The van der Waals surface area contributed by atoms with Crippen LogP contribution in [0.15, 0.2) is 59.3 Å². The van der Waals surface area contributed by atoms with Crippen LogP contribution in [0, 0.1) is 11.3 Å². The first-order valence-corrected chi connectivity index (χ1v) is 10.8. The zero-order valence-electron chi connectivity index (χ0n) is 16.3. The van der Waals surface area contributed by atoms with Gasteiger partial charge in [0, 0.05) is 11.5 Å². The number of anilines is 1. The quantitative estimate of drug-likeness (QED) is 0.316. The zero-order valence-corrected chi connectivity index (χ0v) is 17.9. The van der Waals surface area contributed by atoms with Crippen LogP contribution in [0.3, 0.4) is 0 Å². The van der Waals surface area contributed by atoms with Gasteiger partial charge in [0.25, 0.3) is 5.91 Å². The van der Waals surface area contributed by atoms with Crippen LogP contribution in [-0.2, 0) is 11.4 Å². The summed E-state index contributed by atoms with van der Waals surface area (Å²) < 4.78 is 15.3. The van der Waals surface area contributed by atoms with Crippen molar-refractivity contribution < 1.29 is 14.3 Å². The molecule has 152 valence electrons. The van der Waals surface area contributed by atoms with E-state index < -0.39 is 5.91 Å². The van der Waals surface area contributed by atoms with Gasteiger partial charge in [0.1, 0.15) is 18.2 Å². The van der Waals surface area contributed by atoms with Crippen LogP contribution in [0.25, 0.3) is 6.08 Å². The van der Waals surface area contributed by atoms with Crippen molar-refractivity contribution in [2.24, 2.45) is 0 Å². The number of nitrogens with one attached hydrogen (secondary N) is 1. The van der Waals surface area contributed by atoms with Gasteiger partial charge in [-0.25, -0.2) is 0 Å². The molecule has 0 aliphatic rings. The van der Waals surface area contributed by atoms with Crippen molar-refractivity contribution in [3.8, 4) is 17.6 Å². The molecule has 0 radical (unpaired) electrons. The molecule has 0 aliphatic carbocycles. The predicted molar refractivity (Wildman–Crippen MR) is 118 cm³/mol. The van der Waals surface area contributed by atoms with Gasteiger partial charge >= 0.3 is 0 Å². The van der Waals surface area contributed by atoms with Gasteiger partial charge < -0.3 is 9.47 Å². The van der Waals surface area contributed by atoms with Gasteiger partial charge in [-0.05, 0) is 35.6 Å². The highest BCUT2D eigenvalue weighted by Crippen LogP contribution is 2.30. The Balaban J connectivity index is 1.73. The molecule has 9 heteroatoms. The molecule has 0 atom stereocenters. The highest BCUT2D eigenvalue weighted by molar-refractivity contribution is 7.98. The fourth-order valence-corrected chi connectivity index (χ4v) is 3.57. The van der Waals surface area contributed by atoms with E-state index in [0.717, 1.165) is 17.1 Å². The molecular weight excluding hydrogens is 420 g/mol. The van der Waals surface area contributed by atoms with Gasteiger partial charge in [0.2, 0.25) is 10.3 Å². The molecule has 30 heavy (non-hydrogen) atoms. The van der Waals surface area contributed by atoms with Gasteiger partial charge in [-0.2, -0.15) is 14.6 Å². The standard InChI is InChI=1S/C21H18N4O3S2/c1-27-18-11-15(8-9-17(18)28-13-14-6-4-3-5-7-14)10-16(12-22)19(26)23-20-24-21(29-2)25-30-20/h3-11H,13H2,1-2H3,(H,23,24,25,26). The first kappa shape index (κ1) is 21.4. The van der Waals surface area contributed by atoms with Crippen molar-refractivity contribution in [2.45, 2.75) is 11.8 Å². The molecule has 1 heterocycles. The summed E-state index contributed by atoms with van der Waals surface area (Å²) in [5.41, 5.74) is 1.61. The van der Waals surface area contributed by atoms with Crippen LogP contribution in [0.5, 0.6) is 11.5 Å². The molecule has 3 aromatic rings. The van der Waals surface area contributed by atoms with E-state index in [1.54, 1.807) is 18.2 Å². The molecule has 0 fully saturated rings. The molecule has 1 aromatic heterocycles. The van der Waals surface area contributed by atoms with Gasteiger partial charge in [-0.1, -0.05) is 48.2 Å². The minimum Gasteiger partial charge on any atom is -0.493 e. The maximum Gasteiger partial charge on any atom is 0.268 e. The number of benzene rings is 2. The van der Waals surface area contributed by atoms with Crippen LogP contribution in [0.1, 0.15) is 11.1 Å². The maximum atomic E-state index is 12.4. The first-order chi connectivity index (χ1) is 14.6. The molecule has 0 bridgehead atoms. The average molecular weight is 439 g/mol. The zero-order chi connectivity index (χ0) is 21.3. The summed E-state index contributed by atoms with van der Waals surface area (Å²) in [7, 11) is 1.54. The number of ether oxygens (including phenoxy) is 2. The minimum atomic E-state index is -0.551. The van der Waals surface area contributed by atoms with Crippen LogP contribution >= 0.6 is 23.3 Å². The smallest absolute Gasteiger partial charge is 0.268 e. The fourth-order valence-electron chi connectivity index (χ4n) is 2.45. The van der Waals surface area contributed by atoms with Gasteiger partial charge in [0.05, 0.1) is 7.11 Å². The molecule has 7 nitrogen and oxygen atoms in total. The van der Waals surface area contributed by atoms with Crippen LogP contribution in [0.2, 0.25) is 0 Å². The summed E-state index contributed by atoms with van der Waals surface area (Å²) >= 11 is 2.43. The lowest BCUT2D eigenvalue weighted by Gasteiger charge is -2.11. The number of carbonyl (C=O) groups excluding carboxylic acids is 1. The van der Waals surface area contributed by atoms with Crippen LogP contribution in [-0.4, -0.2) is 28.6 Å². The van der Waals surface area contributed by atoms with Crippen molar-refractivity contribution in [2.75, 3.05) is 18.7 Å². The van der Waals surface area contributed by atoms with E-state index in [2.05, 4.69) is 14.7 Å². The lowest BCUT2D eigenvalue weighted by atomic mass is 10.1. The Labute approximate surface area is 182 Å². The summed E-state index contributed by atoms with van der Waals surface area (Å²) in [5, 5.41) is 12.9. The molecular formula is C21H18N4O3S2.